The van der Waals surface area contributed by atoms with Gasteiger partial charge in [0.1, 0.15) is 11.5 Å². The van der Waals surface area contributed by atoms with Gasteiger partial charge in [-0.15, -0.1) is 0 Å². The Bertz CT molecular complexity index is 318. The van der Waals surface area contributed by atoms with Crippen LogP contribution in [0.1, 0.15) is 38.7 Å². The maximum absolute atomic E-state index is 9.38. The van der Waals surface area contributed by atoms with Crippen LogP contribution in [0.25, 0.3) is 0 Å². The van der Waals surface area contributed by atoms with Crippen LogP contribution in [-0.4, -0.2) is 12.2 Å². The van der Waals surface area contributed by atoms with Crippen molar-refractivity contribution in [2.24, 2.45) is 5.92 Å². The molecular weight excluding hydrogens is 188 g/mol. The normalized spacial score (nSPS) is 12.9. The number of benzene rings is 1. The number of phenolic OH excluding ortho intramolecular Hbond substituents is 1. The van der Waals surface area contributed by atoms with Crippen molar-refractivity contribution in [3.63, 3.8) is 0 Å². The van der Waals surface area contributed by atoms with Crippen LogP contribution in [0.15, 0.2) is 18.2 Å². The van der Waals surface area contributed by atoms with Crippen LogP contribution in [0.5, 0.6) is 11.5 Å². The maximum atomic E-state index is 9.38. The number of phenols is 1. The van der Waals surface area contributed by atoms with Gasteiger partial charge < -0.3 is 9.84 Å². The van der Waals surface area contributed by atoms with E-state index >= 15 is 0 Å². The van der Waals surface area contributed by atoms with Crippen molar-refractivity contribution in [1.82, 2.24) is 0 Å². The number of rotatable bonds is 4. The molecule has 1 aromatic carbocycles. The molecule has 0 saturated heterocycles. The van der Waals surface area contributed by atoms with E-state index in [0.717, 1.165) is 12.2 Å². The molecule has 1 N–H and O–H groups in total. The Balaban J connectivity index is 3.11. The third-order valence-electron chi connectivity index (χ3n) is 2.86. The average Bonchev–Trinajstić information content (AvgIpc) is 2.20. The first kappa shape index (κ1) is 11.9. The summed E-state index contributed by atoms with van der Waals surface area (Å²) in [4.78, 5) is 0. The first-order chi connectivity index (χ1) is 7.10. The second-order valence-electron chi connectivity index (χ2n) is 4.19. The van der Waals surface area contributed by atoms with E-state index in [1.807, 2.05) is 6.07 Å². The summed E-state index contributed by atoms with van der Waals surface area (Å²) < 4.78 is 5.30. The van der Waals surface area contributed by atoms with Gasteiger partial charge in [0.25, 0.3) is 0 Å². The Morgan fingerprint density at radius 2 is 2.00 bits per heavy atom. The Morgan fingerprint density at radius 3 is 2.47 bits per heavy atom. The molecule has 1 rings (SSSR count). The number of ether oxygens (including phenoxy) is 1. The van der Waals surface area contributed by atoms with Crippen LogP contribution in [0, 0.1) is 5.92 Å². The third-order valence-corrected chi connectivity index (χ3v) is 2.86. The van der Waals surface area contributed by atoms with E-state index in [4.69, 9.17) is 4.74 Å². The molecule has 0 aromatic heterocycles. The van der Waals surface area contributed by atoms with E-state index in [0.29, 0.717) is 11.8 Å². The quantitative estimate of drug-likeness (QED) is 0.820. The lowest BCUT2D eigenvalue weighted by Gasteiger charge is -2.21. The number of hydrogen-bond acceptors (Lipinski definition) is 2. The fraction of sp³-hybridized carbons (Fsp3) is 0.538. The Kier molecular flexibility index (Phi) is 4.01. The highest BCUT2D eigenvalue weighted by molar-refractivity contribution is 5.42. The first-order valence-corrected chi connectivity index (χ1v) is 5.47. The van der Waals surface area contributed by atoms with Crippen molar-refractivity contribution >= 4 is 0 Å². The van der Waals surface area contributed by atoms with E-state index < -0.39 is 0 Å². The summed E-state index contributed by atoms with van der Waals surface area (Å²) in [5, 5.41) is 9.38. The molecule has 0 amide bonds. The standard InChI is InChI=1S/C13H20O2/c1-5-11(9(2)3)12-7-6-10(14)8-13(12)15-4/h6-9,11,14H,5H2,1-4H3. The first-order valence-electron chi connectivity index (χ1n) is 5.47. The number of hydrogen-bond donors (Lipinski definition) is 1. The molecule has 0 spiro atoms. The molecular formula is C13H20O2. The van der Waals surface area contributed by atoms with E-state index in [9.17, 15) is 5.11 Å². The van der Waals surface area contributed by atoms with Crippen LogP contribution < -0.4 is 4.74 Å². The summed E-state index contributed by atoms with van der Waals surface area (Å²) in [6.07, 6.45) is 1.08. The van der Waals surface area contributed by atoms with Gasteiger partial charge in [0.15, 0.2) is 0 Å². The lowest BCUT2D eigenvalue weighted by molar-refractivity contribution is 0.386. The molecule has 1 aromatic rings. The molecule has 1 atom stereocenters. The molecule has 0 saturated carbocycles. The van der Waals surface area contributed by atoms with Crippen molar-refractivity contribution in [3.05, 3.63) is 23.8 Å². The van der Waals surface area contributed by atoms with Gasteiger partial charge in [-0.3, -0.25) is 0 Å². The van der Waals surface area contributed by atoms with E-state index in [1.165, 1.54) is 5.56 Å². The summed E-state index contributed by atoms with van der Waals surface area (Å²) in [5.74, 6) is 2.11. The second-order valence-corrected chi connectivity index (χ2v) is 4.19. The minimum Gasteiger partial charge on any atom is -0.508 e. The topological polar surface area (TPSA) is 29.5 Å². The minimum absolute atomic E-state index is 0.259. The van der Waals surface area contributed by atoms with Crippen LogP contribution in [0.3, 0.4) is 0 Å². The fourth-order valence-electron chi connectivity index (χ4n) is 2.06. The molecule has 0 heterocycles. The average molecular weight is 208 g/mol. The second kappa shape index (κ2) is 5.06. The Morgan fingerprint density at radius 1 is 1.33 bits per heavy atom. The highest BCUT2D eigenvalue weighted by Gasteiger charge is 2.17. The monoisotopic (exact) mass is 208 g/mol. The molecule has 0 radical (unpaired) electrons. The predicted octanol–water partition coefficient (Wildman–Crippen LogP) is 3.55. The molecule has 0 bridgehead atoms. The van der Waals surface area contributed by atoms with Crippen LogP contribution in [0.4, 0.5) is 0 Å². The third kappa shape index (κ3) is 2.65. The highest BCUT2D eigenvalue weighted by atomic mass is 16.5. The summed E-state index contributed by atoms with van der Waals surface area (Å²) in [7, 11) is 1.64. The highest BCUT2D eigenvalue weighted by Crippen LogP contribution is 2.35. The lowest BCUT2D eigenvalue weighted by Crippen LogP contribution is -2.07. The van der Waals surface area contributed by atoms with Crippen molar-refractivity contribution in [3.8, 4) is 11.5 Å². The van der Waals surface area contributed by atoms with Gasteiger partial charge in [-0.1, -0.05) is 26.8 Å². The molecule has 84 valence electrons. The molecule has 15 heavy (non-hydrogen) atoms. The Hall–Kier alpha value is -1.18. The van der Waals surface area contributed by atoms with Gasteiger partial charge in [-0.05, 0) is 29.9 Å². The molecule has 0 aliphatic rings. The summed E-state index contributed by atoms with van der Waals surface area (Å²) in [6, 6.07) is 5.37. The van der Waals surface area contributed by atoms with Crippen LogP contribution in [-0.2, 0) is 0 Å². The number of aromatic hydroxyl groups is 1. The summed E-state index contributed by atoms with van der Waals surface area (Å²) in [5.41, 5.74) is 1.19. The summed E-state index contributed by atoms with van der Waals surface area (Å²) >= 11 is 0. The zero-order valence-corrected chi connectivity index (χ0v) is 9.95. The van der Waals surface area contributed by atoms with E-state index in [2.05, 4.69) is 20.8 Å². The van der Waals surface area contributed by atoms with Crippen molar-refractivity contribution in [1.29, 1.82) is 0 Å². The molecule has 0 aliphatic carbocycles. The van der Waals surface area contributed by atoms with Crippen molar-refractivity contribution in [2.75, 3.05) is 7.11 Å². The van der Waals surface area contributed by atoms with Gasteiger partial charge in [0, 0.05) is 6.07 Å². The largest absolute Gasteiger partial charge is 0.508 e. The van der Waals surface area contributed by atoms with Gasteiger partial charge in [-0.25, -0.2) is 0 Å². The van der Waals surface area contributed by atoms with Crippen molar-refractivity contribution < 1.29 is 9.84 Å². The smallest absolute Gasteiger partial charge is 0.126 e. The van der Waals surface area contributed by atoms with Crippen LogP contribution >= 0.6 is 0 Å². The maximum Gasteiger partial charge on any atom is 0.126 e. The molecule has 0 fully saturated rings. The number of methoxy groups -OCH3 is 1. The minimum atomic E-state index is 0.259. The van der Waals surface area contributed by atoms with Crippen LogP contribution in [0.2, 0.25) is 0 Å². The molecule has 2 heteroatoms. The SMILES string of the molecule is CCC(c1ccc(O)cc1OC)C(C)C. The zero-order valence-electron chi connectivity index (χ0n) is 9.95. The van der Waals surface area contributed by atoms with Gasteiger partial charge in [0.05, 0.1) is 7.11 Å². The molecule has 1 unspecified atom stereocenters. The van der Waals surface area contributed by atoms with Gasteiger partial charge >= 0.3 is 0 Å². The lowest BCUT2D eigenvalue weighted by atomic mass is 9.86. The molecule has 0 aliphatic heterocycles. The zero-order chi connectivity index (χ0) is 11.4. The molecule has 2 nitrogen and oxygen atoms in total. The Labute approximate surface area is 91.9 Å². The van der Waals surface area contributed by atoms with Gasteiger partial charge in [-0.2, -0.15) is 0 Å². The van der Waals surface area contributed by atoms with E-state index in [1.54, 1.807) is 19.2 Å². The van der Waals surface area contributed by atoms with Gasteiger partial charge in [0.2, 0.25) is 0 Å². The predicted molar refractivity (Wildman–Crippen MR) is 62.5 cm³/mol. The summed E-state index contributed by atoms with van der Waals surface area (Å²) in [6.45, 7) is 6.60. The van der Waals surface area contributed by atoms with Crippen molar-refractivity contribution in [2.45, 2.75) is 33.1 Å². The van der Waals surface area contributed by atoms with E-state index in [-0.39, 0.29) is 5.75 Å². The fourth-order valence-corrected chi connectivity index (χ4v) is 2.06.